The van der Waals surface area contributed by atoms with Gasteiger partial charge in [0.25, 0.3) is 0 Å². The highest BCUT2D eigenvalue weighted by Crippen LogP contribution is 2.29. The standard InChI is InChI=1S/C12H15ClN6O/c1-12(2-4-14-5-3-12)10(20)19-11-17-8(13)7-9(18-11)16-6-15-7/h6,14H,2-5H2,1H3,(H2,15,16,17,18,19,20). The maximum Gasteiger partial charge on any atom is 0.233 e. The molecule has 0 aromatic carbocycles. The molecule has 0 spiro atoms. The molecule has 3 heterocycles. The molecular weight excluding hydrogens is 280 g/mol. The summed E-state index contributed by atoms with van der Waals surface area (Å²) in [7, 11) is 0. The van der Waals surface area contributed by atoms with Crippen LogP contribution in [0, 0.1) is 5.41 Å². The predicted octanol–water partition coefficient (Wildman–Crippen LogP) is 1.33. The lowest BCUT2D eigenvalue weighted by molar-refractivity contribution is -0.126. The maximum atomic E-state index is 12.4. The molecule has 1 amide bonds. The lowest BCUT2D eigenvalue weighted by Crippen LogP contribution is -2.43. The average molecular weight is 295 g/mol. The van der Waals surface area contributed by atoms with Crippen LogP contribution in [-0.4, -0.2) is 38.9 Å². The van der Waals surface area contributed by atoms with E-state index in [-0.39, 0.29) is 17.0 Å². The summed E-state index contributed by atoms with van der Waals surface area (Å²) in [6.07, 6.45) is 3.07. The van der Waals surface area contributed by atoms with Crippen molar-refractivity contribution in [1.82, 2.24) is 25.3 Å². The molecule has 1 saturated heterocycles. The second-order valence-electron chi connectivity index (χ2n) is 5.20. The largest absolute Gasteiger partial charge is 0.341 e. The Labute approximate surface area is 120 Å². The number of aromatic nitrogens is 4. The predicted molar refractivity (Wildman–Crippen MR) is 75.5 cm³/mol. The Balaban J connectivity index is 1.83. The number of H-pyrrole nitrogens is 1. The van der Waals surface area contributed by atoms with E-state index in [1.165, 1.54) is 6.33 Å². The van der Waals surface area contributed by atoms with E-state index >= 15 is 0 Å². The zero-order chi connectivity index (χ0) is 14.2. The maximum absolute atomic E-state index is 12.4. The minimum absolute atomic E-state index is 0.0787. The fourth-order valence-corrected chi connectivity index (χ4v) is 2.53. The smallest absolute Gasteiger partial charge is 0.233 e. The Morgan fingerprint density at radius 3 is 2.90 bits per heavy atom. The van der Waals surface area contributed by atoms with Crippen LogP contribution in [0.1, 0.15) is 19.8 Å². The normalized spacial score (nSPS) is 18.1. The van der Waals surface area contributed by atoms with Crippen molar-refractivity contribution in [3.05, 3.63) is 11.5 Å². The SMILES string of the molecule is CC1(C(=O)Nc2nc(Cl)c3[nH]cnc3n2)CCNCC1. The third kappa shape index (κ3) is 2.34. The quantitative estimate of drug-likeness (QED) is 0.726. The molecule has 2 aromatic heterocycles. The van der Waals surface area contributed by atoms with Gasteiger partial charge in [0, 0.05) is 5.41 Å². The van der Waals surface area contributed by atoms with Crippen molar-refractivity contribution in [3.8, 4) is 0 Å². The third-order valence-corrected chi connectivity index (χ3v) is 4.00. The van der Waals surface area contributed by atoms with Gasteiger partial charge in [-0.2, -0.15) is 9.97 Å². The van der Waals surface area contributed by atoms with Crippen LogP contribution in [-0.2, 0) is 4.79 Å². The number of nitrogens with one attached hydrogen (secondary N) is 3. The topological polar surface area (TPSA) is 95.6 Å². The summed E-state index contributed by atoms with van der Waals surface area (Å²) in [6.45, 7) is 3.63. The highest BCUT2D eigenvalue weighted by atomic mass is 35.5. The Bertz CT molecular complexity index is 648. The lowest BCUT2D eigenvalue weighted by atomic mass is 9.80. The number of hydrogen-bond acceptors (Lipinski definition) is 5. The van der Waals surface area contributed by atoms with Crippen LogP contribution >= 0.6 is 11.6 Å². The average Bonchev–Trinajstić information content (AvgIpc) is 2.88. The number of fused-ring (bicyclic) bond motifs is 1. The number of carbonyl (C=O) groups excluding carboxylic acids is 1. The molecule has 8 heteroatoms. The van der Waals surface area contributed by atoms with Gasteiger partial charge < -0.3 is 10.3 Å². The highest BCUT2D eigenvalue weighted by molar-refractivity contribution is 6.33. The van der Waals surface area contributed by atoms with E-state index in [1.54, 1.807) is 0 Å². The van der Waals surface area contributed by atoms with Crippen molar-refractivity contribution in [2.45, 2.75) is 19.8 Å². The summed E-state index contributed by atoms with van der Waals surface area (Å²) in [5, 5.41) is 6.24. The first kappa shape index (κ1) is 13.3. The van der Waals surface area contributed by atoms with E-state index in [0.29, 0.717) is 11.2 Å². The number of piperidine rings is 1. The lowest BCUT2D eigenvalue weighted by Gasteiger charge is -2.32. The van der Waals surface area contributed by atoms with Crippen molar-refractivity contribution in [1.29, 1.82) is 0 Å². The van der Waals surface area contributed by atoms with Crippen molar-refractivity contribution >= 4 is 34.6 Å². The minimum Gasteiger partial charge on any atom is -0.341 e. The molecule has 0 bridgehead atoms. The summed E-state index contributed by atoms with van der Waals surface area (Å²) in [5.74, 6) is 0.115. The molecule has 7 nitrogen and oxygen atoms in total. The number of halogens is 1. The number of imidazole rings is 1. The Morgan fingerprint density at radius 1 is 1.40 bits per heavy atom. The first-order valence-corrected chi connectivity index (χ1v) is 6.85. The zero-order valence-corrected chi connectivity index (χ0v) is 11.8. The van der Waals surface area contributed by atoms with E-state index in [9.17, 15) is 4.79 Å². The third-order valence-electron chi connectivity index (χ3n) is 3.72. The molecule has 2 aromatic rings. The number of hydrogen-bond donors (Lipinski definition) is 3. The van der Waals surface area contributed by atoms with E-state index in [1.807, 2.05) is 6.92 Å². The van der Waals surface area contributed by atoms with Gasteiger partial charge in [0.2, 0.25) is 11.9 Å². The van der Waals surface area contributed by atoms with Crippen LogP contribution in [0.5, 0.6) is 0 Å². The zero-order valence-electron chi connectivity index (χ0n) is 11.0. The summed E-state index contributed by atoms with van der Waals surface area (Å²) < 4.78 is 0. The first-order valence-electron chi connectivity index (χ1n) is 6.47. The summed E-state index contributed by atoms with van der Waals surface area (Å²) in [6, 6.07) is 0. The summed E-state index contributed by atoms with van der Waals surface area (Å²) in [4.78, 5) is 27.5. The molecule has 0 atom stereocenters. The van der Waals surface area contributed by atoms with E-state index in [4.69, 9.17) is 11.6 Å². The molecule has 0 aliphatic carbocycles. The van der Waals surface area contributed by atoms with Crippen molar-refractivity contribution in [2.75, 3.05) is 18.4 Å². The van der Waals surface area contributed by atoms with Gasteiger partial charge in [-0.1, -0.05) is 18.5 Å². The van der Waals surface area contributed by atoms with Gasteiger partial charge in [-0.15, -0.1) is 0 Å². The molecule has 106 valence electrons. The molecule has 0 unspecified atom stereocenters. The van der Waals surface area contributed by atoms with Gasteiger partial charge in [0.15, 0.2) is 10.8 Å². The van der Waals surface area contributed by atoms with Crippen LogP contribution in [0.15, 0.2) is 6.33 Å². The number of rotatable bonds is 2. The molecule has 0 radical (unpaired) electrons. The minimum atomic E-state index is -0.401. The molecule has 1 aliphatic heterocycles. The van der Waals surface area contributed by atoms with Gasteiger partial charge in [-0.3, -0.25) is 10.1 Å². The van der Waals surface area contributed by atoms with Crippen LogP contribution in [0.4, 0.5) is 5.95 Å². The Hall–Kier alpha value is -1.73. The van der Waals surface area contributed by atoms with E-state index < -0.39 is 5.41 Å². The number of aromatic amines is 1. The molecule has 3 rings (SSSR count). The Kier molecular flexibility index (Phi) is 3.31. The van der Waals surface area contributed by atoms with Crippen LogP contribution < -0.4 is 10.6 Å². The second kappa shape index (κ2) is 4.99. The van der Waals surface area contributed by atoms with Gasteiger partial charge >= 0.3 is 0 Å². The molecule has 0 saturated carbocycles. The number of carbonyl (C=O) groups is 1. The first-order chi connectivity index (χ1) is 9.58. The second-order valence-corrected chi connectivity index (χ2v) is 5.56. The molecule has 3 N–H and O–H groups in total. The van der Waals surface area contributed by atoms with Gasteiger partial charge in [0.05, 0.1) is 6.33 Å². The number of amides is 1. The summed E-state index contributed by atoms with van der Waals surface area (Å²) in [5.41, 5.74) is 0.607. The molecular formula is C12H15ClN6O. The van der Waals surface area contributed by atoms with Crippen LogP contribution in [0.3, 0.4) is 0 Å². The highest BCUT2D eigenvalue weighted by Gasteiger charge is 2.35. The van der Waals surface area contributed by atoms with Crippen LogP contribution in [0.25, 0.3) is 11.2 Å². The molecule has 20 heavy (non-hydrogen) atoms. The fourth-order valence-electron chi connectivity index (χ4n) is 2.31. The van der Waals surface area contributed by atoms with Gasteiger partial charge in [0.1, 0.15) is 5.52 Å². The summed E-state index contributed by atoms with van der Waals surface area (Å²) >= 11 is 6.02. The van der Waals surface area contributed by atoms with Gasteiger partial charge in [-0.25, -0.2) is 4.98 Å². The van der Waals surface area contributed by atoms with Gasteiger partial charge in [-0.05, 0) is 25.9 Å². The fraction of sp³-hybridized carbons (Fsp3) is 0.500. The number of anilines is 1. The number of nitrogens with zero attached hydrogens (tertiary/aromatic N) is 3. The monoisotopic (exact) mass is 294 g/mol. The van der Waals surface area contributed by atoms with E-state index in [0.717, 1.165) is 25.9 Å². The molecule has 1 fully saturated rings. The van der Waals surface area contributed by atoms with E-state index in [2.05, 4.69) is 30.6 Å². The van der Waals surface area contributed by atoms with Crippen molar-refractivity contribution in [3.63, 3.8) is 0 Å². The van der Waals surface area contributed by atoms with Crippen LogP contribution in [0.2, 0.25) is 5.15 Å². The molecule has 1 aliphatic rings. The van der Waals surface area contributed by atoms with Crippen molar-refractivity contribution < 1.29 is 4.79 Å². The Morgan fingerprint density at radius 2 is 2.15 bits per heavy atom. The van der Waals surface area contributed by atoms with Crippen molar-refractivity contribution in [2.24, 2.45) is 5.41 Å².